The summed E-state index contributed by atoms with van der Waals surface area (Å²) in [4.78, 5) is 61.1. The van der Waals surface area contributed by atoms with Crippen molar-refractivity contribution >= 4 is 57.6 Å². The molecule has 4 heterocycles. The van der Waals surface area contributed by atoms with E-state index in [-0.39, 0.29) is 43.5 Å². The van der Waals surface area contributed by atoms with Crippen LogP contribution in [0, 0.1) is 13.8 Å². The van der Waals surface area contributed by atoms with Crippen LogP contribution in [0.25, 0.3) is 22.1 Å². The van der Waals surface area contributed by atoms with Crippen LogP contribution in [-0.2, 0) is 35.7 Å². The molecule has 0 saturated heterocycles. The molecule has 6 N–H and O–H groups in total. The summed E-state index contributed by atoms with van der Waals surface area (Å²) in [7, 11) is 0. The topological polar surface area (TPSA) is 234 Å². The number of imidazole rings is 2. The maximum atomic E-state index is 13.7. The number of fused-ring (bicyclic) bond motifs is 2. The highest BCUT2D eigenvalue weighted by Gasteiger charge is 2.29. The van der Waals surface area contributed by atoms with Gasteiger partial charge in [0, 0.05) is 37.4 Å². The fourth-order valence-corrected chi connectivity index (χ4v) is 6.74. The van der Waals surface area contributed by atoms with E-state index in [1.807, 2.05) is 41.5 Å². The summed E-state index contributed by atoms with van der Waals surface area (Å²) in [6.07, 6.45) is -1.33. The molecule has 4 amide bonds. The van der Waals surface area contributed by atoms with Gasteiger partial charge in [-0.15, -0.1) is 0 Å². The van der Waals surface area contributed by atoms with Crippen molar-refractivity contribution in [3.63, 3.8) is 0 Å². The number of nitrogens with two attached hydrogens (primary N) is 2. The van der Waals surface area contributed by atoms with Crippen LogP contribution >= 0.6 is 0 Å². The second kappa shape index (κ2) is 17.6. The zero-order chi connectivity index (χ0) is 40.3. The number of amides is 4. The van der Waals surface area contributed by atoms with Gasteiger partial charge in [0.15, 0.2) is 0 Å². The lowest BCUT2D eigenvalue weighted by Gasteiger charge is -2.29. The SMILES string of the molecule is C.CCO[C@H](Cn1c(NC(=O)c2cc(C)nn2CC)nc2cc(C(N)=O)ccc21)[C@@H](Cn1c(NC(=O)c2cc(C)nn2CC)nc2cc(C(N)=O)ccc21)OCC. The van der Waals surface area contributed by atoms with E-state index >= 15 is 0 Å². The van der Waals surface area contributed by atoms with Crippen molar-refractivity contribution in [2.45, 2.75) is 87.4 Å². The number of ether oxygens (including phenoxy) is 2. The molecule has 18 heteroatoms. The predicted molar refractivity (Wildman–Crippen MR) is 215 cm³/mol. The molecule has 6 rings (SSSR count). The Morgan fingerprint density at radius 1 is 0.649 bits per heavy atom. The van der Waals surface area contributed by atoms with Gasteiger partial charge < -0.3 is 30.1 Å². The average molecular weight is 783 g/mol. The number of carbonyl (C=O) groups is 4. The molecule has 0 spiro atoms. The summed E-state index contributed by atoms with van der Waals surface area (Å²) in [5.41, 5.74) is 15.9. The largest absolute Gasteiger partial charge is 0.374 e. The fourth-order valence-electron chi connectivity index (χ4n) is 6.74. The van der Waals surface area contributed by atoms with Crippen molar-refractivity contribution in [1.29, 1.82) is 0 Å². The molecule has 4 aromatic heterocycles. The number of anilines is 2. The Hall–Kier alpha value is -6.40. The Morgan fingerprint density at radius 2 is 1.04 bits per heavy atom. The average Bonchev–Trinajstić information content (AvgIpc) is 3.93. The molecule has 6 aromatic rings. The van der Waals surface area contributed by atoms with Gasteiger partial charge in [-0.3, -0.25) is 39.2 Å². The molecule has 0 aliphatic carbocycles. The molecule has 302 valence electrons. The van der Waals surface area contributed by atoms with Crippen molar-refractivity contribution in [3.8, 4) is 0 Å². The first-order valence-corrected chi connectivity index (χ1v) is 18.4. The van der Waals surface area contributed by atoms with Gasteiger partial charge in [-0.05, 0) is 90.1 Å². The minimum absolute atomic E-state index is 0. The van der Waals surface area contributed by atoms with E-state index in [9.17, 15) is 19.2 Å². The summed E-state index contributed by atoms with van der Waals surface area (Å²) in [5, 5.41) is 14.7. The highest BCUT2D eigenvalue weighted by Crippen LogP contribution is 2.27. The third kappa shape index (κ3) is 8.71. The maximum Gasteiger partial charge on any atom is 0.276 e. The van der Waals surface area contributed by atoms with Crippen LogP contribution in [0.2, 0.25) is 0 Å². The van der Waals surface area contributed by atoms with Gasteiger partial charge in [-0.25, -0.2) is 9.97 Å². The number of hydrogen-bond donors (Lipinski definition) is 4. The Bertz CT molecular complexity index is 2270. The summed E-state index contributed by atoms with van der Waals surface area (Å²) in [5.74, 6) is -1.68. The molecule has 0 saturated carbocycles. The minimum atomic E-state index is -0.665. The van der Waals surface area contributed by atoms with E-state index in [0.29, 0.717) is 71.1 Å². The molecule has 0 radical (unpaired) electrons. The Kier molecular flexibility index (Phi) is 12.9. The van der Waals surface area contributed by atoms with E-state index in [1.165, 1.54) is 0 Å². The normalized spacial score (nSPS) is 12.4. The van der Waals surface area contributed by atoms with Crippen molar-refractivity contribution in [2.75, 3.05) is 23.8 Å². The molecule has 0 bridgehead atoms. The van der Waals surface area contributed by atoms with Crippen LogP contribution in [0.4, 0.5) is 11.9 Å². The first kappa shape index (κ1) is 41.8. The number of benzene rings is 2. The van der Waals surface area contributed by atoms with Crippen LogP contribution in [0.15, 0.2) is 48.5 Å². The van der Waals surface area contributed by atoms with Gasteiger partial charge in [0.25, 0.3) is 11.8 Å². The Morgan fingerprint density at radius 3 is 1.37 bits per heavy atom. The molecule has 0 aliphatic rings. The first-order valence-electron chi connectivity index (χ1n) is 18.4. The molecule has 0 aliphatic heterocycles. The number of primary amides is 2. The molecular weight excluding hydrogens is 733 g/mol. The number of rotatable bonds is 17. The molecule has 18 nitrogen and oxygen atoms in total. The number of aromatic nitrogens is 8. The Labute approximate surface area is 329 Å². The number of aryl methyl sites for hydroxylation is 4. The van der Waals surface area contributed by atoms with Gasteiger partial charge in [-0.1, -0.05) is 7.43 Å². The Balaban J connectivity index is 0.00000620. The summed E-state index contributed by atoms with van der Waals surface area (Å²) in [6, 6.07) is 13.1. The van der Waals surface area contributed by atoms with Crippen molar-refractivity contribution in [3.05, 3.63) is 82.4 Å². The lowest BCUT2D eigenvalue weighted by molar-refractivity contribution is -0.0788. The van der Waals surface area contributed by atoms with Crippen LogP contribution in [-0.4, -0.2) is 87.7 Å². The van der Waals surface area contributed by atoms with Crippen molar-refractivity contribution in [1.82, 2.24) is 38.7 Å². The van der Waals surface area contributed by atoms with Crippen LogP contribution in [0.1, 0.15) is 88.2 Å². The number of nitrogens with zero attached hydrogens (tertiary/aromatic N) is 8. The zero-order valence-electron chi connectivity index (χ0n) is 32.2. The summed E-state index contributed by atoms with van der Waals surface area (Å²) in [6.45, 7) is 13.0. The quantitative estimate of drug-likeness (QED) is 0.102. The lowest BCUT2D eigenvalue weighted by Crippen LogP contribution is -2.39. The second-order valence-electron chi connectivity index (χ2n) is 13.1. The molecule has 2 aromatic carbocycles. The monoisotopic (exact) mass is 782 g/mol. The van der Waals surface area contributed by atoms with Crippen molar-refractivity contribution in [2.24, 2.45) is 11.5 Å². The van der Waals surface area contributed by atoms with Crippen LogP contribution in [0.5, 0.6) is 0 Å². The zero-order valence-corrected chi connectivity index (χ0v) is 32.2. The van der Waals surface area contributed by atoms with E-state index in [4.69, 9.17) is 30.9 Å². The van der Waals surface area contributed by atoms with Gasteiger partial charge in [0.1, 0.15) is 23.6 Å². The number of nitrogens with one attached hydrogen (secondary N) is 2. The van der Waals surface area contributed by atoms with Gasteiger partial charge >= 0.3 is 0 Å². The first-order chi connectivity index (χ1) is 26.8. The molecule has 57 heavy (non-hydrogen) atoms. The lowest BCUT2D eigenvalue weighted by atomic mass is 10.1. The predicted octanol–water partition coefficient (Wildman–Crippen LogP) is 4.28. The summed E-state index contributed by atoms with van der Waals surface area (Å²) < 4.78 is 19.6. The van der Waals surface area contributed by atoms with Crippen LogP contribution < -0.4 is 22.1 Å². The minimum Gasteiger partial charge on any atom is -0.374 e. The number of carbonyl (C=O) groups excluding carboxylic acids is 4. The van der Waals surface area contributed by atoms with E-state index in [1.54, 1.807) is 67.0 Å². The fraction of sp³-hybridized carbons (Fsp3) is 0.385. The second-order valence-corrected chi connectivity index (χ2v) is 13.1. The maximum absolute atomic E-state index is 13.7. The highest BCUT2D eigenvalue weighted by atomic mass is 16.5. The highest BCUT2D eigenvalue weighted by molar-refractivity contribution is 6.04. The van der Waals surface area contributed by atoms with E-state index < -0.39 is 35.8 Å². The van der Waals surface area contributed by atoms with Crippen LogP contribution in [0.3, 0.4) is 0 Å². The summed E-state index contributed by atoms with van der Waals surface area (Å²) >= 11 is 0. The third-order valence-electron chi connectivity index (χ3n) is 9.29. The molecular formula is C39H50N12O6. The van der Waals surface area contributed by atoms with Gasteiger partial charge in [0.05, 0.1) is 46.5 Å². The van der Waals surface area contributed by atoms with Gasteiger partial charge in [0.2, 0.25) is 23.7 Å². The van der Waals surface area contributed by atoms with Gasteiger partial charge in [-0.2, -0.15) is 10.2 Å². The van der Waals surface area contributed by atoms with E-state index in [0.717, 1.165) is 0 Å². The smallest absolute Gasteiger partial charge is 0.276 e. The molecule has 2 atom stereocenters. The van der Waals surface area contributed by atoms with Crippen molar-refractivity contribution < 1.29 is 28.7 Å². The molecule has 0 fully saturated rings. The standard InChI is InChI=1S/C38H46N12O6.CH4/c1-7-49-29(15-21(5)45-49)35(53)43-37-41-25-17-23(33(39)51)11-13-27(25)47(37)19-31(55-9-3)32(56-10-4)20-48-28-14-12-24(34(40)52)18-26(28)42-38(48)44-36(54)30-16-22(6)46-50(30)8-2;/h11-18,31-32H,7-10,19-20H2,1-6H3,(H2,39,51)(H2,40,52)(H,41,43,53)(H,42,44,54);1H4/t31-,32-;/m1./s1. The van der Waals surface area contributed by atoms with E-state index in [2.05, 4.69) is 20.8 Å². The number of hydrogen-bond acceptors (Lipinski definition) is 10. The third-order valence-corrected chi connectivity index (χ3v) is 9.29. The molecule has 0 unspecified atom stereocenters.